The van der Waals surface area contributed by atoms with Crippen molar-refractivity contribution in [2.45, 2.75) is 19.9 Å². The molecule has 1 unspecified atom stereocenters. The highest BCUT2D eigenvalue weighted by Crippen LogP contribution is 2.37. The summed E-state index contributed by atoms with van der Waals surface area (Å²) in [5, 5.41) is 6.26. The largest absolute Gasteiger partial charge is 0.306 e. The monoisotopic (exact) mass is 359 g/mol. The van der Waals surface area contributed by atoms with Crippen molar-refractivity contribution in [1.82, 2.24) is 5.32 Å². The standard InChI is InChI=1S/C18H18BrNS/c1-3-20-17(18-16(19)11-12(2)21-18)15-10-6-8-13-7-4-5-9-14(13)15/h4-11,17,20H,3H2,1-2H3. The molecule has 1 N–H and O–H groups in total. The molecule has 0 bridgehead atoms. The second-order valence-corrected chi connectivity index (χ2v) is 7.27. The van der Waals surface area contributed by atoms with Gasteiger partial charge in [0.25, 0.3) is 0 Å². The van der Waals surface area contributed by atoms with Gasteiger partial charge >= 0.3 is 0 Å². The lowest BCUT2D eigenvalue weighted by atomic mass is 9.97. The third-order valence-electron chi connectivity index (χ3n) is 3.64. The molecule has 3 heteroatoms. The molecule has 1 atom stereocenters. The molecule has 108 valence electrons. The Morgan fingerprint density at radius 1 is 1.14 bits per heavy atom. The number of hydrogen-bond acceptors (Lipinski definition) is 2. The number of aryl methyl sites for hydroxylation is 1. The van der Waals surface area contributed by atoms with E-state index in [1.54, 1.807) is 0 Å². The van der Waals surface area contributed by atoms with E-state index in [4.69, 9.17) is 0 Å². The van der Waals surface area contributed by atoms with E-state index in [0.29, 0.717) is 0 Å². The van der Waals surface area contributed by atoms with Crippen molar-refractivity contribution in [2.75, 3.05) is 6.54 Å². The molecule has 0 aliphatic rings. The fourth-order valence-electron chi connectivity index (χ4n) is 2.75. The van der Waals surface area contributed by atoms with Crippen molar-refractivity contribution in [3.8, 4) is 0 Å². The summed E-state index contributed by atoms with van der Waals surface area (Å²) >= 11 is 5.58. The minimum absolute atomic E-state index is 0.231. The SMILES string of the molecule is CCNC(c1sc(C)cc1Br)c1cccc2ccccc12. The van der Waals surface area contributed by atoms with Gasteiger partial charge in [-0.3, -0.25) is 0 Å². The minimum Gasteiger partial charge on any atom is -0.306 e. The van der Waals surface area contributed by atoms with Gasteiger partial charge in [-0.2, -0.15) is 0 Å². The van der Waals surface area contributed by atoms with Crippen LogP contribution in [0, 0.1) is 6.92 Å². The van der Waals surface area contributed by atoms with E-state index in [1.807, 2.05) is 11.3 Å². The van der Waals surface area contributed by atoms with E-state index >= 15 is 0 Å². The van der Waals surface area contributed by atoms with Crippen LogP contribution in [-0.2, 0) is 0 Å². The molecule has 0 aliphatic heterocycles. The Hall–Kier alpha value is -1.16. The van der Waals surface area contributed by atoms with E-state index < -0.39 is 0 Å². The van der Waals surface area contributed by atoms with Crippen LogP contribution in [0.25, 0.3) is 10.8 Å². The molecular weight excluding hydrogens is 342 g/mol. The summed E-state index contributed by atoms with van der Waals surface area (Å²) in [4.78, 5) is 2.69. The summed E-state index contributed by atoms with van der Waals surface area (Å²) < 4.78 is 1.20. The maximum atomic E-state index is 3.72. The lowest BCUT2D eigenvalue weighted by Crippen LogP contribution is -2.21. The Balaban J connectivity index is 2.18. The predicted molar refractivity (Wildman–Crippen MR) is 96.2 cm³/mol. The number of benzene rings is 2. The Morgan fingerprint density at radius 2 is 1.90 bits per heavy atom. The van der Waals surface area contributed by atoms with Crippen molar-refractivity contribution in [3.63, 3.8) is 0 Å². The van der Waals surface area contributed by atoms with Gasteiger partial charge in [-0.1, -0.05) is 49.4 Å². The number of nitrogens with one attached hydrogen (secondary N) is 1. The fraction of sp³-hybridized carbons (Fsp3) is 0.222. The topological polar surface area (TPSA) is 12.0 Å². The number of halogens is 1. The molecule has 0 saturated carbocycles. The zero-order valence-electron chi connectivity index (χ0n) is 12.2. The molecule has 1 heterocycles. The molecule has 0 amide bonds. The van der Waals surface area contributed by atoms with Crippen LogP contribution in [0.4, 0.5) is 0 Å². The van der Waals surface area contributed by atoms with Crippen molar-refractivity contribution in [3.05, 3.63) is 68.3 Å². The molecule has 0 radical (unpaired) electrons. The molecule has 0 fully saturated rings. The van der Waals surface area contributed by atoms with E-state index in [1.165, 1.54) is 30.6 Å². The average molecular weight is 360 g/mol. The lowest BCUT2D eigenvalue weighted by molar-refractivity contribution is 0.642. The second-order valence-electron chi connectivity index (χ2n) is 5.13. The van der Waals surface area contributed by atoms with Crippen LogP contribution in [0.2, 0.25) is 0 Å². The van der Waals surface area contributed by atoms with Gasteiger partial charge in [0.2, 0.25) is 0 Å². The summed E-state index contributed by atoms with van der Waals surface area (Å²) in [6.07, 6.45) is 0. The van der Waals surface area contributed by atoms with Gasteiger partial charge in [0.1, 0.15) is 0 Å². The van der Waals surface area contributed by atoms with Gasteiger partial charge in [-0.15, -0.1) is 11.3 Å². The Morgan fingerprint density at radius 3 is 2.62 bits per heavy atom. The molecular formula is C18H18BrNS. The molecule has 2 aromatic carbocycles. The van der Waals surface area contributed by atoms with Gasteiger partial charge in [0.05, 0.1) is 6.04 Å². The van der Waals surface area contributed by atoms with Gasteiger partial charge in [0.15, 0.2) is 0 Å². The molecule has 1 nitrogen and oxygen atoms in total. The van der Waals surface area contributed by atoms with Crippen LogP contribution in [0.15, 0.2) is 53.0 Å². The van der Waals surface area contributed by atoms with Crippen LogP contribution in [0.1, 0.15) is 28.3 Å². The first-order valence-electron chi connectivity index (χ1n) is 7.17. The number of thiophene rings is 1. The Labute approximate surface area is 138 Å². The highest BCUT2D eigenvalue weighted by atomic mass is 79.9. The predicted octanol–water partition coefficient (Wildman–Crippen LogP) is 5.67. The summed E-state index contributed by atoms with van der Waals surface area (Å²) in [5.41, 5.74) is 1.34. The van der Waals surface area contributed by atoms with Gasteiger partial charge in [-0.05, 0) is 51.8 Å². The van der Waals surface area contributed by atoms with Crippen LogP contribution in [-0.4, -0.2) is 6.54 Å². The third-order valence-corrected chi connectivity index (χ3v) is 5.68. The van der Waals surface area contributed by atoms with Gasteiger partial charge in [-0.25, -0.2) is 0 Å². The first-order valence-corrected chi connectivity index (χ1v) is 8.78. The first-order chi connectivity index (χ1) is 10.2. The second kappa shape index (κ2) is 6.30. The van der Waals surface area contributed by atoms with E-state index in [9.17, 15) is 0 Å². The molecule has 0 saturated heterocycles. The van der Waals surface area contributed by atoms with Crippen molar-refractivity contribution < 1.29 is 0 Å². The molecule has 3 aromatic rings. The molecule has 21 heavy (non-hydrogen) atoms. The minimum atomic E-state index is 0.231. The number of rotatable bonds is 4. The highest BCUT2D eigenvalue weighted by molar-refractivity contribution is 9.10. The maximum absolute atomic E-state index is 3.72. The van der Waals surface area contributed by atoms with E-state index in [2.05, 4.69) is 83.6 Å². The van der Waals surface area contributed by atoms with Crippen molar-refractivity contribution in [2.24, 2.45) is 0 Å². The van der Waals surface area contributed by atoms with E-state index in [-0.39, 0.29) is 6.04 Å². The zero-order valence-corrected chi connectivity index (χ0v) is 14.6. The number of hydrogen-bond donors (Lipinski definition) is 1. The van der Waals surface area contributed by atoms with Crippen LogP contribution >= 0.6 is 27.3 Å². The van der Waals surface area contributed by atoms with Gasteiger partial charge < -0.3 is 5.32 Å². The molecule has 3 rings (SSSR count). The lowest BCUT2D eigenvalue weighted by Gasteiger charge is -2.20. The van der Waals surface area contributed by atoms with Crippen LogP contribution < -0.4 is 5.32 Å². The quantitative estimate of drug-likeness (QED) is 0.632. The summed E-state index contributed by atoms with van der Waals surface area (Å²) in [6.45, 7) is 5.26. The summed E-state index contributed by atoms with van der Waals surface area (Å²) in [6, 6.07) is 17.6. The average Bonchev–Trinajstić information content (AvgIpc) is 2.83. The number of fused-ring (bicyclic) bond motifs is 1. The fourth-order valence-corrected chi connectivity index (χ4v) is 4.72. The molecule has 0 aliphatic carbocycles. The summed E-state index contributed by atoms with van der Waals surface area (Å²) in [5.74, 6) is 0. The molecule has 0 spiro atoms. The highest BCUT2D eigenvalue weighted by Gasteiger charge is 2.20. The maximum Gasteiger partial charge on any atom is 0.0688 e. The Bertz CT molecular complexity index is 758. The summed E-state index contributed by atoms with van der Waals surface area (Å²) in [7, 11) is 0. The van der Waals surface area contributed by atoms with E-state index in [0.717, 1.165) is 6.54 Å². The normalized spacial score (nSPS) is 12.7. The van der Waals surface area contributed by atoms with Crippen molar-refractivity contribution >= 4 is 38.0 Å². The van der Waals surface area contributed by atoms with Crippen LogP contribution in [0.3, 0.4) is 0 Å². The Kier molecular flexibility index (Phi) is 4.43. The van der Waals surface area contributed by atoms with Gasteiger partial charge in [0, 0.05) is 14.2 Å². The van der Waals surface area contributed by atoms with Crippen molar-refractivity contribution in [1.29, 1.82) is 0 Å². The first kappa shape index (κ1) is 14.8. The third kappa shape index (κ3) is 2.91. The smallest absolute Gasteiger partial charge is 0.0688 e. The van der Waals surface area contributed by atoms with Crippen LogP contribution in [0.5, 0.6) is 0 Å². The molecule has 1 aromatic heterocycles. The zero-order chi connectivity index (χ0) is 14.8.